The van der Waals surface area contributed by atoms with Gasteiger partial charge in [0, 0.05) is 21.2 Å². The highest BCUT2D eigenvalue weighted by Gasteiger charge is 2.16. The SMILES string of the molecule is CCC(CC)N=C(c1cc(Cl)ccc1O)c1ccccc1Cl. The van der Waals surface area contributed by atoms with Crippen molar-refractivity contribution in [3.05, 3.63) is 63.6 Å². The van der Waals surface area contributed by atoms with E-state index in [2.05, 4.69) is 13.8 Å². The van der Waals surface area contributed by atoms with Crippen LogP contribution in [0.3, 0.4) is 0 Å². The van der Waals surface area contributed by atoms with E-state index in [0.29, 0.717) is 21.3 Å². The van der Waals surface area contributed by atoms with E-state index in [1.165, 1.54) is 0 Å². The van der Waals surface area contributed by atoms with Gasteiger partial charge in [0.25, 0.3) is 0 Å². The summed E-state index contributed by atoms with van der Waals surface area (Å²) in [6.45, 7) is 4.19. The monoisotopic (exact) mass is 335 g/mol. The molecule has 0 saturated carbocycles. The molecule has 0 atom stereocenters. The number of hydrogen-bond acceptors (Lipinski definition) is 2. The minimum atomic E-state index is 0.147. The van der Waals surface area contributed by atoms with Crippen molar-refractivity contribution in [1.82, 2.24) is 0 Å². The molecular weight excluding hydrogens is 317 g/mol. The molecule has 2 aromatic carbocycles. The Hall–Kier alpha value is -1.51. The van der Waals surface area contributed by atoms with Gasteiger partial charge in [0.05, 0.1) is 11.8 Å². The van der Waals surface area contributed by atoms with Crippen LogP contribution in [-0.2, 0) is 0 Å². The van der Waals surface area contributed by atoms with Crippen LogP contribution in [0.1, 0.15) is 37.8 Å². The predicted molar refractivity (Wildman–Crippen MR) is 94.6 cm³/mol. The quantitative estimate of drug-likeness (QED) is 0.695. The van der Waals surface area contributed by atoms with E-state index in [1.54, 1.807) is 18.2 Å². The maximum absolute atomic E-state index is 10.2. The van der Waals surface area contributed by atoms with E-state index >= 15 is 0 Å². The molecular formula is C18H19Cl2NO. The molecule has 2 aromatic rings. The lowest BCUT2D eigenvalue weighted by Crippen LogP contribution is -2.11. The number of phenols is 1. The molecule has 1 N–H and O–H groups in total. The zero-order chi connectivity index (χ0) is 16.1. The Morgan fingerprint density at radius 1 is 1.05 bits per heavy atom. The van der Waals surface area contributed by atoms with Gasteiger partial charge in [-0.1, -0.05) is 55.2 Å². The zero-order valence-electron chi connectivity index (χ0n) is 12.7. The lowest BCUT2D eigenvalue weighted by atomic mass is 10.00. The molecule has 0 aliphatic carbocycles. The second-order valence-corrected chi connectivity index (χ2v) is 5.93. The summed E-state index contributed by atoms with van der Waals surface area (Å²) < 4.78 is 0. The maximum Gasteiger partial charge on any atom is 0.125 e. The molecule has 4 heteroatoms. The van der Waals surface area contributed by atoms with Crippen LogP contribution >= 0.6 is 23.2 Å². The minimum Gasteiger partial charge on any atom is -0.507 e. The molecule has 0 heterocycles. The molecule has 0 bridgehead atoms. The van der Waals surface area contributed by atoms with E-state index < -0.39 is 0 Å². The van der Waals surface area contributed by atoms with Crippen molar-refractivity contribution in [3.8, 4) is 5.75 Å². The lowest BCUT2D eigenvalue weighted by Gasteiger charge is -2.15. The fourth-order valence-corrected chi connectivity index (χ4v) is 2.69. The number of aliphatic imine (C=N–C) groups is 1. The molecule has 22 heavy (non-hydrogen) atoms. The first-order chi connectivity index (χ1) is 10.6. The normalized spacial score (nSPS) is 12.0. The molecule has 0 saturated heterocycles. The van der Waals surface area contributed by atoms with Crippen molar-refractivity contribution in [3.63, 3.8) is 0 Å². The third-order valence-corrected chi connectivity index (χ3v) is 4.16. The second kappa shape index (κ2) is 7.66. The number of halogens is 2. The van der Waals surface area contributed by atoms with Gasteiger partial charge in [0.15, 0.2) is 0 Å². The van der Waals surface area contributed by atoms with Crippen LogP contribution < -0.4 is 0 Å². The molecule has 0 amide bonds. The standard InChI is InChI=1S/C18H19Cl2NO/c1-3-13(4-2)21-18(14-7-5-6-8-16(14)20)15-11-12(19)9-10-17(15)22/h5-11,13,22H,3-4H2,1-2H3. The molecule has 0 radical (unpaired) electrons. The van der Waals surface area contributed by atoms with Gasteiger partial charge >= 0.3 is 0 Å². The molecule has 0 aliphatic heterocycles. The van der Waals surface area contributed by atoms with Crippen molar-refractivity contribution >= 4 is 28.9 Å². The molecule has 2 nitrogen and oxygen atoms in total. The largest absolute Gasteiger partial charge is 0.507 e. The summed E-state index contributed by atoms with van der Waals surface area (Å²) in [6.07, 6.45) is 1.84. The maximum atomic E-state index is 10.2. The molecule has 0 unspecified atom stereocenters. The molecule has 0 fully saturated rings. The number of nitrogens with zero attached hydrogens (tertiary/aromatic N) is 1. The third-order valence-electron chi connectivity index (χ3n) is 3.60. The first kappa shape index (κ1) is 16.9. The summed E-state index contributed by atoms with van der Waals surface area (Å²) in [5, 5.41) is 11.4. The fourth-order valence-electron chi connectivity index (χ4n) is 2.29. The van der Waals surface area contributed by atoms with Gasteiger partial charge in [-0.25, -0.2) is 0 Å². The fraction of sp³-hybridized carbons (Fsp3) is 0.278. The topological polar surface area (TPSA) is 32.6 Å². The van der Waals surface area contributed by atoms with Gasteiger partial charge in [-0.05, 0) is 37.1 Å². The van der Waals surface area contributed by atoms with Crippen LogP contribution in [0.4, 0.5) is 0 Å². The number of phenolic OH excluding ortho intramolecular Hbond substituents is 1. The van der Waals surface area contributed by atoms with Crippen molar-refractivity contribution in [1.29, 1.82) is 0 Å². The Kier molecular flexibility index (Phi) is 5.87. The number of aromatic hydroxyl groups is 1. The molecule has 0 spiro atoms. The van der Waals surface area contributed by atoms with E-state index in [0.717, 1.165) is 18.4 Å². The van der Waals surface area contributed by atoms with Crippen LogP contribution in [0, 0.1) is 0 Å². The summed E-state index contributed by atoms with van der Waals surface area (Å²) in [5.74, 6) is 0.147. The van der Waals surface area contributed by atoms with E-state index in [-0.39, 0.29) is 11.8 Å². The average Bonchev–Trinajstić information content (AvgIpc) is 2.52. The highest BCUT2D eigenvalue weighted by molar-refractivity contribution is 6.36. The molecule has 2 rings (SSSR count). The summed E-state index contributed by atoms with van der Waals surface area (Å²) >= 11 is 12.4. The van der Waals surface area contributed by atoms with Crippen LogP contribution in [0.5, 0.6) is 5.75 Å². The Balaban J connectivity index is 2.65. The average molecular weight is 336 g/mol. The Morgan fingerprint density at radius 3 is 2.36 bits per heavy atom. The van der Waals surface area contributed by atoms with Crippen molar-refractivity contribution in [2.75, 3.05) is 0 Å². The van der Waals surface area contributed by atoms with E-state index in [1.807, 2.05) is 24.3 Å². The summed E-state index contributed by atoms with van der Waals surface area (Å²) in [5.41, 5.74) is 2.08. The predicted octanol–water partition coefficient (Wildman–Crippen LogP) is 5.73. The smallest absolute Gasteiger partial charge is 0.125 e. The first-order valence-electron chi connectivity index (χ1n) is 7.38. The first-order valence-corrected chi connectivity index (χ1v) is 8.14. The highest BCUT2D eigenvalue weighted by Crippen LogP contribution is 2.28. The second-order valence-electron chi connectivity index (χ2n) is 5.09. The van der Waals surface area contributed by atoms with Crippen molar-refractivity contribution < 1.29 is 5.11 Å². The number of benzene rings is 2. The van der Waals surface area contributed by atoms with Gasteiger partial charge in [-0.3, -0.25) is 4.99 Å². The van der Waals surface area contributed by atoms with Gasteiger partial charge in [-0.15, -0.1) is 0 Å². The van der Waals surface area contributed by atoms with Gasteiger partial charge in [0.2, 0.25) is 0 Å². The van der Waals surface area contributed by atoms with Gasteiger partial charge in [-0.2, -0.15) is 0 Å². The van der Waals surface area contributed by atoms with Crippen molar-refractivity contribution in [2.45, 2.75) is 32.7 Å². The molecule has 0 aliphatic rings. The summed E-state index contributed by atoms with van der Waals surface area (Å²) in [6, 6.07) is 12.6. The Bertz CT molecular complexity index is 679. The molecule has 116 valence electrons. The number of hydrogen-bond donors (Lipinski definition) is 1. The molecule has 0 aromatic heterocycles. The van der Waals surface area contributed by atoms with Crippen LogP contribution in [0.15, 0.2) is 47.5 Å². The number of rotatable bonds is 5. The van der Waals surface area contributed by atoms with Crippen LogP contribution in [0.2, 0.25) is 10.0 Å². The zero-order valence-corrected chi connectivity index (χ0v) is 14.2. The summed E-state index contributed by atoms with van der Waals surface area (Å²) in [7, 11) is 0. The van der Waals surface area contributed by atoms with E-state index in [9.17, 15) is 5.11 Å². The Labute approximate surface area is 141 Å². The summed E-state index contributed by atoms with van der Waals surface area (Å²) in [4.78, 5) is 4.83. The minimum absolute atomic E-state index is 0.147. The Morgan fingerprint density at radius 2 is 1.73 bits per heavy atom. The van der Waals surface area contributed by atoms with Crippen LogP contribution in [-0.4, -0.2) is 16.9 Å². The van der Waals surface area contributed by atoms with Gasteiger partial charge in [0.1, 0.15) is 5.75 Å². The van der Waals surface area contributed by atoms with Crippen LogP contribution in [0.25, 0.3) is 0 Å². The van der Waals surface area contributed by atoms with E-state index in [4.69, 9.17) is 28.2 Å². The third kappa shape index (κ3) is 3.82. The lowest BCUT2D eigenvalue weighted by molar-refractivity contribution is 0.474. The highest BCUT2D eigenvalue weighted by atomic mass is 35.5. The van der Waals surface area contributed by atoms with Crippen molar-refractivity contribution in [2.24, 2.45) is 4.99 Å². The van der Waals surface area contributed by atoms with Gasteiger partial charge < -0.3 is 5.11 Å².